The van der Waals surface area contributed by atoms with Crippen molar-refractivity contribution in [2.24, 2.45) is 0 Å². The summed E-state index contributed by atoms with van der Waals surface area (Å²) in [4.78, 5) is 0. The summed E-state index contributed by atoms with van der Waals surface area (Å²) in [6, 6.07) is 57.4. The van der Waals surface area contributed by atoms with Crippen molar-refractivity contribution in [2.45, 2.75) is 0 Å². The third kappa shape index (κ3) is 3.50. The Balaban J connectivity index is 1.35. The molecule has 0 aliphatic heterocycles. The molecule has 0 unspecified atom stereocenters. The van der Waals surface area contributed by atoms with Crippen LogP contribution in [-0.4, -0.2) is 0 Å². The van der Waals surface area contributed by atoms with Crippen molar-refractivity contribution in [2.75, 3.05) is 0 Å². The molecule has 0 N–H and O–H groups in total. The fraction of sp³-hybridized carbons (Fsp3) is 0. The summed E-state index contributed by atoms with van der Waals surface area (Å²) in [5, 5.41) is 15.0. The summed E-state index contributed by atoms with van der Waals surface area (Å²) in [7, 11) is 0. The van der Waals surface area contributed by atoms with Gasteiger partial charge in [-0.05, 0) is 100 Å². The van der Waals surface area contributed by atoms with Crippen molar-refractivity contribution in [3.8, 4) is 22.3 Å². The van der Waals surface area contributed by atoms with Crippen LogP contribution >= 0.6 is 0 Å². The van der Waals surface area contributed by atoms with E-state index in [-0.39, 0.29) is 0 Å². The van der Waals surface area contributed by atoms with E-state index in [4.69, 9.17) is 4.42 Å². The van der Waals surface area contributed by atoms with Crippen molar-refractivity contribution in [3.63, 3.8) is 0 Å². The van der Waals surface area contributed by atoms with Gasteiger partial charge in [0.1, 0.15) is 11.2 Å². The van der Waals surface area contributed by atoms with Gasteiger partial charge in [-0.15, -0.1) is 0 Å². The average molecular weight is 571 g/mol. The Labute approximate surface area is 259 Å². The van der Waals surface area contributed by atoms with Crippen molar-refractivity contribution in [1.29, 1.82) is 0 Å². The van der Waals surface area contributed by atoms with Gasteiger partial charge in [-0.2, -0.15) is 0 Å². The van der Waals surface area contributed by atoms with E-state index in [0.29, 0.717) is 0 Å². The first kappa shape index (κ1) is 24.5. The zero-order valence-corrected chi connectivity index (χ0v) is 24.4. The molecule has 208 valence electrons. The Kier molecular flexibility index (Phi) is 5.06. The highest BCUT2D eigenvalue weighted by Crippen LogP contribution is 2.47. The molecule has 0 saturated carbocycles. The van der Waals surface area contributed by atoms with Crippen molar-refractivity contribution < 1.29 is 4.42 Å². The third-order valence-corrected chi connectivity index (χ3v) is 9.61. The van der Waals surface area contributed by atoms with Gasteiger partial charge in [-0.3, -0.25) is 0 Å². The number of rotatable bonds is 2. The Hall–Kier alpha value is -5.92. The van der Waals surface area contributed by atoms with E-state index >= 15 is 0 Å². The maximum atomic E-state index is 6.20. The van der Waals surface area contributed by atoms with Gasteiger partial charge in [-0.1, -0.05) is 133 Å². The molecule has 0 spiro atoms. The van der Waals surface area contributed by atoms with Crippen LogP contribution in [0.5, 0.6) is 0 Å². The van der Waals surface area contributed by atoms with Crippen LogP contribution in [0.15, 0.2) is 162 Å². The molecule has 1 aromatic heterocycles. The normalized spacial score (nSPS) is 12.0. The lowest BCUT2D eigenvalue weighted by Crippen LogP contribution is -1.92. The second kappa shape index (κ2) is 9.29. The standard InChI is InChI=1S/C44H26O/c1-2-12-30-27(11-1)21-22-28-26-39(31-13-3-4-15-33(31)42(28)30)44-36-18-7-5-16-34(36)43(35-17-6-8-19-37(35)44)29-23-24-41-38(25-29)32-14-9-10-20-40(32)45-41/h1-26H. The summed E-state index contributed by atoms with van der Waals surface area (Å²) in [5.41, 5.74) is 6.84. The SMILES string of the molecule is c1ccc2c(c1)ccc1cc(-c3c4ccccc4c(-c4ccc5oc6ccccc6c5c4)c4ccccc34)c3ccccc3c12. The minimum atomic E-state index is 0.917. The first-order chi connectivity index (χ1) is 22.3. The first-order valence-corrected chi connectivity index (χ1v) is 15.5. The van der Waals surface area contributed by atoms with E-state index in [0.717, 1.165) is 21.9 Å². The largest absolute Gasteiger partial charge is 0.456 e. The van der Waals surface area contributed by atoms with Crippen molar-refractivity contribution in [3.05, 3.63) is 158 Å². The minimum Gasteiger partial charge on any atom is -0.456 e. The summed E-state index contributed by atoms with van der Waals surface area (Å²) in [5.74, 6) is 0. The van der Waals surface area contributed by atoms with Crippen LogP contribution in [0.2, 0.25) is 0 Å². The van der Waals surface area contributed by atoms with Crippen LogP contribution < -0.4 is 0 Å². The van der Waals surface area contributed by atoms with E-state index in [2.05, 4.69) is 146 Å². The Morgan fingerprint density at radius 2 is 0.844 bits per heavy atom. The number of furan rings is 1. The quantitative estimate of drug-likeness (QED) is 0.149. The molecule has 0 bridgehead atoms. The molecule has 45 heavy (non-hydrogen) atoms. The lowest BCUT2D eigenvalue weighted by atomic mass is 9.83. The smallest absolute Gasteiger partial charge is 0.135 e. The predicted octanol–water partition coefficient (Wildman–Crippen LogP) is 12.7. The monoisotopic (exact) mass is 570 g/mol. The molecular formula is C44H26O. The molecule has 1 nitrogen and oxygen atoms in total. The molecule has 0 aliphatic carbocycles. The summed E-state index contributed by atoms with van der Waals surface area (Å²) >= 11 is 0. The van der Waals surface area contributed by atoms with Gasteiger partial charge in [0, 0.05) is 10.8 Å². The molecule has 1 heteroatoms. The van der Waals surface area contributed by atoms with Gasteiger partial charge in [0.25, 0.3) is 0 Å². The molecular weight excluding hydrogens is 544 g/mol. The average Bonchev–Trinajstić information content (AvgIpc) is 3.48. The topological polar surface area (TPSA) is 13.1 Å². The number of benzene rings is 9. The highest BCUT2D eigenvalue weighted by molar-refractivity contribution is 6.28. The van der Waals surface area contributed by atoms with Crippen LogP contribution in [0.1, 0.15) is 0 Å². The van der Waals surface area contributed by atoms with E-state index in [1.807, 2.05) is 12.1 Å². The van der Waals surface area contributed by atoms with Gasteiger partial charge < -0.3 is 4.42 Å². The molecule has 0 atom stereocenters. The van der Waals surface area contributed by atoms with Gasteiger partial charge in [-0.25, -0.2) is 0 Å². The summed E-state index contributed by atoms with van der Waals surface area (Å²) in [6.45, 7) is 0. The van der Waals surface area contributed by atoms with Crippen LogP contribution in [0.25, 0.3) is 98.1 Å². The lowest BCUT2D eigenvalue weighted by Gasteiger charge is -2.20. The molecule has 0 aliphatic rings. The molecule has 9 aromatic carbocycles. The molecule has 0 radical (unpaired) electrons. The lowest BCUT2D eigenvalue weighted by molar-refractivity contribution is 0.669. The van der Waals surface area contributed by atoms with Crippen LogP contribution in [0.3, 0.4) is 0 Å². The van der Waals surface area contributed by atoms with Gasteiger partial charge in [0.2, 0.25) is 0 Å². The molecule has 10 aromatic rings. The zero-order valence-electron chi connectivity index (χ0n) is 24.4. The Morgan fingerprint density at radius 1 is 0.311 bits per heavy atom. The van der Waals surface area contributed by atoms with Gasteiger partial charge >= 0.3 is 0 Å². The minimum absolute atomic E-state index is 0.917. The van der Waals surface area contributed by atoms with Gasteiger partial charge in [0.05, 0.1) is 0 Å². The van der Waals surface area contributed by atoms with Crippen molar-refractivity contribution in [1.82, 2.24) is 0 Å². The number of hydrogen-bond acceptors (Lipinski definition) is 1. The van der Waals surface area contributed by atoms with Gasteiger partial charge in [0.15, 0.2) is 0 Å². The van der Waals surface area contributed by atoms with E-state index in [1.54, 1.807) is 0 Å². The van der Waals surface area contributed by atoms with Crippen LogP contribution in [0, 0.1) is 0 Å². The molecule has 0 amide bonds. The summed E-state index contributed by atoms with van der Waals surface area (Å²) in [6.07, 6.45) is 0. The maximum Gasteiger partial charge on any atom is 0.135 e. The summed E-state index contributed by atoms with van der Waals surface area (Å²) < 4.78 is 6.20. The Bertz CT molecular complexity index is 2760. The van der Waals surface area contributed by atoms with Crippen molar-refractivity contribution >= 4 is 75.8 Å². The van der Waals surface area contributed by atoms with Crippen LogP contribution in [0.4, 0.5) is 0 Å². The second-order valence-corrected chi connectivity index (χ2v) is 12.0. The zero-order chi connectivity index (χ0) is 29.5. The van der Waals surface area contributed by atoms with Crippen LogP contribution in [-0.2, 0) is 0 Å². The molecule has 0 fully saturated rings. The maximum absolute atomic E-state index is 6.20. The number of para-hydroxylation sites is 1. The molecule has 10 rings (SSSR count). The molecule has 1 heterocycles. The van der Waals surface area contributed by atoms with E-state index < -0.39 is 0 Å². The highest BCUT2D eigenvalue weighted by atomic mass is 16.3. The fourth-order valence-electron chi connectivity index (χ4n) is 7.70. The highest BCUT2D eigenvalue weighted by Gasteiger charge is 2.20. The first-order valence-electron chi connectivity index (χ1n) is 15.5. The molecule has 0 saturated heterocycles. The number of hydrogen-bond donors (Lipinski definition) is 0. The van der Waals surface area contributed by atoms with E-state index in [9.17, 15) is 0 Å². The fourth-order valence-corrected chi connectivity index (χ4v) is 7.70. The third-order valence-electron chi connectivity index (χ3n) is 9.61. The van der Waals surface area contributed by atoms with E-state index in [1.165, 1.54) is 76.1 Å². The predicted molar refractivity (Wildman–Crippen MR) is 192 cm³/mol. The number of fused-ring (bicyclic) bond motifs is 10. The Morgan fingerprint density at radius 3 is 1.58 bits per heavy atom. The second-order valence-electron chi connectivity index (χ2n) is 12.0.